The summed E-state index contributed by atoms with van der Waals surface area (Å²) in [6, 6.07) is 16.1. The minimum atomic E-state index is 0.0893. The number of thioether (sulfide) groups is 2. The molecule has 0 unspecified atom stereocenters. The Kier molecular flexibility index (Phi) is 6.04. The average Bonchev–Trinajstić information content (AvgIpc) is 3.31. The van der Waals surface area contributed by atoms with Crippen LogP contribution in [0.15, 0.2) is 68.4 Å². The van der Waals surface area contributed by atoms with Crippen molar-refractivity contribution < 1.29 is 4.79 Å². The molecule has 2 aromatic carbocycles. The number of amides is 1. The molecule has 3 aliphatic rings. The summed E-state index contributed by atoms with van der Waals surface area (Å²) < 4.78 is 0. The van der Waals surface area contributed by atoms with E-state index < -0.39 is 0 Å². The van der Waals surface area contributed by atoms with Gasteiger partial charge in [0.05, 0.1) is 11.4 Å². The number of aliphatic imine (C=N–C) groups is 1. The Bertz CT molecular complexity index is 1080. The van der Waals surface area contributed by atoms with E-state index in [1.807, 2.05) is 29.2 Å². The number of rotatable bonds is 3. The summed E-state index contributed by atoms with van der Waals surface area (Å²) in [4.78, 5) is 24.9. The molecule has 0 spiro atoms. The molecule has 2 aromatic rings. The zero-order valence-corrected chi connectivity index (χ0v) is 19.8. The maximum Gasteiger partial charge on any atom is 0.269 e. The summed E-state index contributed by atoms with van der Waals surface area (Å²) in [6.45, 7) is 2.95. The van der Waals surface area contributed by atoms with Gasteiger partial charge in [0.2, 0.25) is 0 Å². The smallest absolute Gasteiger partial charge is 0.269 e. The Morgan fingerprint density at radius 1 is 1.06 bits per heavy atom. The van der Waals surface area contributed by atoms with Crippen LogP contribution in [0, 0.1) is 0 Å². The van der Waals surface area contributed by atoms with Gasteiger partial charge in [-0.1, -0.05) is 60.8 Å². The second kappa shape index (κ2) is 8.93. The lowest BCUT2D eigenvalue weighted by atomic mass is 9.94. The molecule has 2 aliphatic heterocycles. The number of halogens is 1. The first-order chi connectivity index (χ1) is 15.2. The van der Waals surface area contributed by atoms with Gasteiger partial charge in [-0.2, -0.15) is 0 Å². The van der Waals surface area contributed by atoms with E-state index in [2.05, 4.69) is 36.1 Å². The van der Waals surface area contributed by atoms with Crippen LogP contribution < -0.4 is 4.90 Å². The van der Waals surface area contributed by atoms with Crippen molar-refractivity contribution in [1.29, 1.82) is 0 Å². The fraction of sp³-hybridized carbons (Fsp3) is 0.333. The lowest BCUT2D eigenvalue weighted by Gasteiger charge is -2.30. The molecule has 4 nitrogen and oxygen atoms in total. The van der Waals surface area contributed by atoms with Gasteiger partial charge in [0.15, 0.2) is 5.17 Å². The first kappa shape index (κ1) is 21.0. The van der Waals surface area contributed by atoms with Crippen molar-refractivity contribution in [1.82, 2.24) is 4.90 Å². The van der Waals surface area contributed by atoms with Gasteiger partial charge in [0.25, 0.3) is 5.91 Å². The van der Waals surface area contributed by atoms with Crippen LogP contribution in [0.5, 0.6) is 0 Å². The Morgan fingerprint density at radius 2 is 1.87 bits per heavy atom. The Morgan fingerprint density at radius 3 is 2.65 bits per heavy atom. The zero-order valence-electron chi connectivity index (χ0n) is 17.4. The molecule has 1 saturated heterocycles. The van der Waals surface area contributed by atoms with Gasteiger partial charge < -0.3 is 4.90 Å². The van der Waals surface area contributed by atoms with Crippen molar-refractivity contribution in [2.24, 2.45) is 4.99 Å². The summed E-state index contributed by atoms with van der Waals surface area (Å²) in [5, 5.41) is 2.45. The second-order valence-electron chi connectivity index (χ2n) is 7.89. The number of benzene rings is 2. The standard InChI is InChI=1S/C24H24ClN3OS2/c1-2-27-19-13-6-7-14-20(19)30-23(27)21-22(29)28(18-11-4-3-5-12-18)24(31-21)26-17-10-8-9-16(25)15-17/h6-10,13-15,18H,2-5,11-12H2,1H3. The molecule has 1 aliphatic carbocycles. The number of nitrogens with zero attached hydrogens (tertiary/aromatic N) is 3. The molecule has 2 fully saturated rings. The van der Waals surface area contributed by atoms with Gasteiger partial charge in [-0.15, -0.1) is 0 Å². The van der Waals surface area contributed by atoms with Gasteiger partial charge in [-0.3, -0.25) is 9.69 Å². The van der Waals surface area contributed by atoms with Crippen LogP contribution >= 0.6 is 35.1 Å². The number of carbonyl (C=O) groups is 1. The fourth-order valence-electron chi connectivity index (χ4n) is 4.43. The highest BCUT2D eigenvalue weighted by Gasteiger charge is 2.42. The van der Waals surface area contributed by atoms with Gasteiger partial charge in [-0.25, -0.2) is 4.99 Å². The van der Waals surface area contributed by atoms with Gasteiger partial charge in [0, 0.05) is 22.5 Å². The van der Waals surface area contributed by atoms with E-state index in [-0.39, 0.29) is 11.9 Å². The lowest BCUT2D eigenvalue weighted by Crippen LogP contribution is -2.40. The van der Waals surface area contributed by atoms with Crippen LogP contribution in [0.1, 0.15) is 39.0 Å². The van der Waals surface area contributed by atoms with Crippen molar-refractivity contribution in [2.75, 3.05) is 11.4 Å². The molecule has 0 bridgehead atoms. The predicted molar refractivity (Wildman–Crippen MR) is 132 cm³/mol. The van der Waals surface area contributed by atoms with Gasteiger partial charge in [0.1, 0.15) is 9.93 Å². The highest BCUT2D eigenvalue weighted by molar-refractivity contribution is 8.19. The minimum Gasteiger partial charge on any atom is -0.334 e. The summed E-state index contributed by atoms with van der Waals surface area (Å²) in [6.07, 6.45) is 5.64. The Labute approximate surface area is 196 Å². The highest BCUT2D eigenvalue weighted by Crippen LogP contribution is 2.51. The summed E-state index contributed by atoms with van der Waals surface area (Å²) in [5.41, 5.74) is 1.96. The second-order valence-corrected chi connectivity index (χ2v) is 10.3. The molecule has 0 atom stereocenters. The number of amidine groups is 1. The van der Waals surface area contributed by atoms with Crippen LogP contribution in [0.2, 0.25) is 5.02 Å². The maximum atomic E-state index is 13.8. The van der Waals surface area contributed by atoms with E-state index in [4.69, 9.17) is 16.6 Å². The van der Waals surface area contributed by atoms with Crippen molar-refractivity contribution in [3.05, 3.63) is 63.5 Å². The third kappa shape index (κ3) is 4.01. The van der Waals surface area contributed by atoms with E-state index in [1.165, 1.54) is 28.8 Å². The molecule has 0 aromatic heterocycles. The lowest BCUT2D eigenvalue weighted by molar-refractivity contribution is -0.124. The molecule has 160 valence electrons. The van der Waals surface area contributed by atoms with Crippen molar-refractivity contribution >= 4 is 57.6 Å². The number of fused-ring (bicyclic) bond motifs is 1. The maximum absolute atomic E-state index is 13.8. The normalized spacial score (nSPS) is 23.2. The molecular weight excluding hydrogens is 446 g/mol. The highest BCUT2D eigenvalue weighted by atomic mass is 35.5. The number of hydrogen-bond acceptors (Lipinski definition) is 5. The Balaban J connectivity index is 1.57. The van der Waals surface area contributed by atoms with E-state index >= 15 is 0 Å². The number of carbonyl (C=O) groups excluding carboxylic acids is 1. The summed E-state index contributed by atoms with van der Waals surface area (Å²) >= 11 is 9.39. The molecule has 5 rings (SSSR count). The van der Waals surface area contributed by atoms with Gasteiger partial charge in [-0.05, 0) is 61.9 Å². The van der Waals surface area contributed by atoms with Crippen molar-refractivity contribution in [2.45, 2.75) is 50.0 Å². The van der Waals surface area contributed by atoms with Crippen LogP contribution in [-0.2, 0) is 4.79 Å². The quantitative estimate of drug-likeness (QED) is 0.452. The van der Waals surface area contributed by atoms with Crippen LogP contribution in [-0.4, -0.2) is 28.6 Å². The third-order valence-corrected chi connectivity index (χ3v) is 8.49. The van der Waals surface area contributed by atoms with Crippen LogP contribution in [0.25, 0.3) is 0 Å². The predicted octanol–water partition coefficient (Wildman–Crippen LogP) is 7.04. The van der Waals surface area contributed by atoms with E-state index in [0.717, 1.165) is 53.0 Å². The molecule has 2 heterocycles. The van der Waals surface area contributed by atoms with Crippen LogP contribution in [0.4, 0.5) is 11.4 Å². The molecule has 31 heavy (non-hydrogen) atoms. The van der Waals surface area contributed by atoms with Crippen LogP contribution in [0.3, 0.4) is 0 Å². The van der Waals surface area contributed by atoms with Crippen molar-refractivity contribution in [3.63, 3.8) is 0 Å². The SMILES string of the molecule is CCN1C(=C2SC(=Nc3cccc(Cl)c3)N(C3CCCCC3)C2=O)Sc2ccccc21. The average molecular weight is 470 g/mol. The number of anilines is 1. The molecule has 7 heteroatoms. The molecule has 1 amide bonds. The summed E-state index contributed by atoms with van der Waals surface area (Å²) in [5.74, 6) is 0.0893. The Hall–Kier alpha value is -1.89. The minimum absolute atomic E-state index is 0.0893. The van der Waals surface area contributed by atoms with E-state index in [9.17, 15) is 4.79 Å². The van der Waals surface area contributed by atoms with Gasteiger partial charge >= 0.3 is 0 Å². The number of para-hydroxylation sites is 1. The summed E-state index contributed by atoms with van der Waals surface area (Å²) in [7, 11) is 0. The molecule has 1 saturated carbocycles. The van der Waals surface area contributed by atoms with E-state index in [0.29, 0.717) is 5.02 Å². The molecular formula is C24H24ClN3OS2. The third-order valence-electron chi connectivity index (χ3n) is 5.90. The fourth-order valence-corrected chi connectivity index (χ4v) is 7.06. The first-order valence-corrected chi connectivity index (χ1v) is 12.8. The first-order valence-electron chi connectivity index (χ1n) is 10.8. The monoisotopic (exact) mass is 469 g/mol. The topological polar surface area (TPSA) is 35.9 Å². The largest absolute Gasteiger partial charge is 0.334 e. The number of hydrogen-bond donors (Lipinski definition) is 0. The van der Waals surface area contributed by atoms with E-state index in [1.54, 1.807) is 11.8 Å². The zero-order chi connectivity index (χ0) is 21.4. The van der Waals surface area contributed by atoms with Crippen molar-refractivity contribution in [3.8, 4) is 0 Å². The molecule has 0 N–H and O–H groups in total. The molecule has 0 radical (unpaired) electrons.